The number of aromatic nitrogens is 1. The van der Waals surface area contributed by atoms with E-state index < -0.39 is 0 Å². The molecule has 0 spiro atoms. The zero-order valence-electron chi connectivity index (χ0n) is 11.6. The third-order valence-corrected chi connectivity index (χ3v) is 4.76. The van der Waals surface area contributed by atoms with Crippen LogP contribution in [0.25, 0.3) is 10.4 Å². The molecule has 3 aromatic rings. The van der Waals surface area contributed by atoms with Gasteiger partial charge in [0.15, 0.2) is 0 Å². The van der Waals surface area contributed by atoms with Gasteiger partial charge in [-0.3, -0.25) is 9.78 Å². The molecule has 0 atom stereocenters. The second-order valence-corrected chi connectivity index (χ2v) is 6.71. The summed E-state index contributed by atoms with van der Waals surface area (Å²) in [6.45, 7) is 0.515. The Kier molecular flexibility index (Phi) is 4.65. The second-order valence-electron chi connectivity index (χ2n) is 4.71. The summed E-state index contributed by atoms with van der Waals surface area (Å²) in [6.07, 6.45) is 3.50. The summed E-state index contributed by atoms with van der Waals surface area (Å²) in [5, 5.41) is 2.95. The first-order chi connectivity index (χ1) is 10.7. The van der Waals surface area contributed by atoms with Crippen molar-refractivity contribution in [3.05, 3.63) is 75.8 Å². The molecule has 3 nitrogen and oxygen atoms in total. The third kappa shape index (κ3) is 3.61. The van der Waals surface area contributed by atoms with Crippen LogP contribution in [0.15, 0.2) is 65.4 Å². The zero-order chi connectivity index (χ0) is 15.4. The Morgan fingerprint density at radius 3 is 2.73 bits per heavy atom. The first kappa shape index (κ1) is 14.9. The number of hydrogen-bond donors (Lipinski definition) is 1. The van der Waals surface area contributed by atoms with E-state index in [2.05, 4.69) is 26.2 Å². The molecule has 0 aliphatic rings. The minimum absolute atomic E-state index is 0.0507. The van der Waals surface area contributed by atoms with Crippen LogP contribution < -0.4 is 5.32 Å². The fourth-order valence-electron chi connectivity index (χ4n) is 2.05. The van der Waals surface area contributed by atoms with E-state index in [9.17, 15) is 4.79 Å². The molecule has 0 aliphatic heterocycles. The van der Waals surface area contributed by atoms with Crippen LogP contribution in [0, 0.1) is 0 Å². The highest BCUT2D eigenvalue weighted by Crippen LogP contribution is 2.27. The van der Waals surface area contributed by atoms with Crippen molar-refractivity contribution in [3.63, 3.8) is 0 Å². The molecule has 5 heteroatoms. The molecule has 1 aromatic carbocycles. The number of hydrogen-bond acceptors (Lipinski definition) is 3. The highest BCUT2D eigenvalue weighted by Gasteiger charge is 2.10. The Hall–Kier alpha value is -1.98. The lowest BCUT2D eigenvalue weighted by molar-refractivity contribution is 0.0955. The van der Waals surface area contributed by atoms with Crippen molar-refractivity contribution >= 4 is 33.2 Å². The SMILES string of the molecule is O=C(NCc1cccc(Br)c1)c1ccc(-c2ccncc2)s1. The summed E-state index contributed by atoms with van der Waals surface area (Å²) in [4.78, 5) is 18.0. The number of nitrogens with one attached hydrogen (secondary N) is 1. The number of carbonyl (C=O) groups is 1. The molecule has 0 saturated carbocycles. The van der Waals surface area contributed by atoms with Crippen molar-refractivity contribution in [3.8, 4) is 10.4 Å². The summed E-state index contributed by atoms with van der Waals surface area (Å²) < 4.78 is 1.01. The lowest BCUT2D eigenvalue weighted by Gasteiger charge is -2.04. The number of nitrogens with zero attached hydrogens (tertiary/aromatic N) is 1. The van der Waals surface area contributed by atoms with Gasteiger partial charge in [-0.25, -0.2) is 0 Å². The van der Waals surface area contributed by atoms with Gasteiger partial charge in [0, 0.05) is 28.3 Å². The van der Waals surface area contributed by atoms with E-state index in [-0.39, 0.29) is 5.91 Å². The molecule has 0 radical (unpaired) electrons. The van der Waals surface area contributed by atoms with Gasteiger partial charge in [0.25, 0.3) is 5.91 Å². The monoisotopic (exact) mass is 372 g/mol. The molecule has 110 valence electrons. The van der Waals surface area contributed by atoms with Crippen molar-refractivity contribution < 1.29 is 4.79 Å². The average Bonchev–Trinajstić information content (AvgIpc) is 3.04. The zero-order valence-corrected chi connectivity index (χ0v) is 14.0. The fourth-order valence-corrected chi connectivity index (χ4v) is 3.42. The number of rotatable bonds is 4. The minimum atomic E-state index is -0.0507. The van der Waals surface area contributed by atoms with Crippen LogP contribution in [-0.2, 0) is 6.54 Å². The Morgan fingerprint density at radius 2 is 1.95 bits per heavy atom. The van der Waals surface area contributed by atoms with Gasteiger partial charge in [-0.1, -0.05) is 28.1 Å². The first-order valence-electron chi connectivity index (χ1n) is 6.75. The maximum atomic E-state index is 12.2. The topological polar surface area (TPSA) is 42.0 Å². The Balaban J connectivity index is 1.67. The van der Waals surface area contributed by atoms with Gasteiger partial charge in [-0.05, 0) is 47.5 Å². The van der Waals surface area contributed by atoms with Crippen LogP contribution in [0.4, 0.5) is 0 Å². The van der Waals surface area contributed by atoms with Gasteiger partial charge < -0.3 is 5.32 Å². The number of thiophene rings is 1. The molecular formula is C17H13BrN2OS. The number of halogens is 1. The van der Waals surface area contributed by atoms with E-state index in [1.807, 2.05) is 48.5 Å². The number of carbonyl (C=O) groups excluding carboxylic acids is 1. The Labute approximate surface area is 141 Å². The molecule has 0 unspecified atom stereocenters. The predicted molar refractivity (Wildman–Crippen MR) is 92.9 cm³/mol. The maximum absolute atomic E-state index is 12.2. The number of benzene rings is 1. The summed E-state index contributed by atoms with van der Waals surface area (Å²) >= 11 is 4.91. The van der Waals surface area contributed by atoms with Crippen molar-refractivity contribution in [2.24, 2.45) is 0 Å². The van der Waals surface area contributed by atoms with Gasteiger partial charge in [0.2, 0.25) is 0 Å². The second kappa shape index (κ2) is 6.85. The standard InChI is InChI=1S/C17H13BrN2OS/c18-14-3-1-2-12(10-14)11-20-17(21)16-5-4-15(22-16)13-6-8-19-9-7-13/h1-10H,11H2,(H,20,21). The summed E-state index contributed by atoms with van der Waals surface area (Å²) in [5.74, 6) is -0.0507. The third-order valence-electron chi connectivity index (χ3n) is 3.14. The van der Waals surface area contributed by atoms with Crippen LogP contribution in [0.2, 0.25) is 0 Å². The van der Waals surface area contributed by atoms with E-state index in [1.165, 1.54) is 11.3 Å². The van der Waals surface area contributed by atoms with Gasteiger partial charge in [-0.15, -0.1) is 11.3 Å². The van der Waals surface area contributed by atoms with E-state index in [0.717, 1.165) is 20.5 Å². The van der Waals surface area contributed by atoms with Gasteiger partial charge in [0.05, 0.1) is 4.88 Å². The minimum Gasteiger partial charge on any atom is -0.347 e. The van der Waals surface area contributed by atoms with Crippen LogP contribution in [-0.4, -0.2) is 10.9 Å². The van der Waals surface area contributed by atoms with E-state index in [4.69, 9.17) is 0 Å². The molecular weight excluding hydrogens is 360 g/mol. The number of amides is 1. The molecule has 0 bridgehead atoms. The van der Waals surface area contributed by atoms with Crippen LogP contribution in [0.3, 0.4) is 0 Å². The van der Waals surface area contributed by atoms with Crippen molar-refractivity contribution in [1.82, 2.24) is 10.3 Å². The van der Waals surface area contributed by atoms with Crippen LogP contribution in [0.1, 0.15) is 15.2 Å². The van der Waals surface area contributed by atoms with E-state index in [0.29, 0.717) is 11.4 Å². The van der Waals surface area contributed by atoms with E-state index >= 15 is 0 Å². The molecule has 3 rings (SSSR count). The van der Waals surface area contributed by atoms with Crippen LogP contribution >= 0.6 is 27.3 Å². The van der Waals surface area contributed by atoms with E-state index in [1.54, 1.807) is 12.4 Å². The molecule has 2 heterocycles. The predicted octanol–water partition coefficient (Wildman–Crippen LogP) is 4.50. The lowest BCUT2D eigenvalue weighted by Crippen LogP contribution is -2.21. The normalized spacial score (nSPS) is 10.4. The molecule has 0 fully saturated rings. The Bertz CT molecular complexity index is 786. The van der Waals surface area contributed by atoms with Crippen molar-refractivity contribution in [2.45, 2.75) is 6.54 Å². The first-order valence-corrected chi connectivity index (χ1v) is 8.36. The molecule has 1 amide bonds. The highest BCUT2D eigenvalue weighted by atomic mass is 79.9. The van der Waals surface area contributed by atoms with Crippen molar-refractivity contribution in [1.29, 1.82) is 0 Å². The average molecular weight is 373 g/mol. The highest BCUT2D eigenvalue weighted by molar-refractivity contribution is 9.10. The van der Waals surface area contributed by atoms with Gasteiger partial charge in [0.1, 0.15) is 0 Å². The van der Waals surface area contributed by atoms with Gasteiger partial charge >= 0.3 is 0 Å². The molecule has 0 saturated heterocycles. The summed E-state index contributed by atoms with van der Waals surface area (Å²) in [7, 11) is 0. The van der Waals surface area contributed by atoms with Crippen LogP contribution in [0.5, 0.6) is 0 Å². The molecule has 2 aromatic heterocycles. The summed E-state index contributed by atoms with van der Waals surface area (Å²) in [5.41, 5.74) is 2.14. The largest absolute Gasteiger partial charge is 0.347 e. The quantitative estimate of drug-likeness (QED) is 0.732. The summed E-state index contributed by atoms with van der Waals surface area (Å²) in [6, 6.07) is 15.6. The number of pyridine rings is 1. The lowest BCUT2D eigenvalue weighted by atomic mass is 10.2. The molecule has 22 heavy (non-hydrogen) atoms. The van der Waals surface area contributed by atoms with Crippen molar-refractivity contribution in [2.75, 3.05) is 0 Å². The smallest absolute Gasteiger partial charge is 0.261 e. The Morgan fingerprint density at radius 1 is 1.14 bits per heavy atom. The molecule has 1 N–H and O–H groups in total. The molecule has 0 aliphatic carbocycles. The fraction of sp³-hybridized carbons (Fsp3) is 0.0588. The maximum Gasteiger partial charge on any atom is 0.261 e. The van der Waals surface area contributed by atoms with Gasteiger partial charge in [-0.2, -0.15) is 0 Å².